The number of nitrogens with zero attached hydrogens (tertiary/aromatic N) is 5. The monoisotopic (exact) mass is 557 g/mol. The Labute approximate surface area is 235 Å². The van der Waals surface area contributed by atoms with Crippen molar-refractivity contribution in [1.29, 1.82) is 0 Å². The molecule has 0 spiro atoms. The molecule has 2 saturated heterocycles. The number of amides is 1. The molecule has 1 aromatic carbocycles. The fraction of sp³-hybridized carbons (Fsp3) is 0.241. The third-order valence-electron chi connectivity index (χ3n) is 7.03. The lowest BCUT2D eigenvalue weighted by Gasteiger charge is -2.36. The van der Waals surface area contributed by atoms with Crippen molar-refractivity contribution in [2.45, 2.75) is 20.0 Å². The topological polar surface area (TPSA) is 74.3 Å². The van der Waals surface area contributed by atoms with E-state index in [4.69, 9.17) is 21.6 Å². The number of carbonyl (C=O) groups excluding carboxylic acids is 1. The van der Waals surface area contributed by atoms with E-state index in [9.17, 15) is 9.59 Å². The highest BCUT2D eigenvalue weighted by molar-refractivity contribution is 8.26. The van der Waals surface area contributed by atoms with Crippen LogP contribution in [0.4, 0.5) is 5.82 Å². The molecular formula is C29H27N5O3S2. The number of hydrogen-bond acceptors (Lipinski definition) is 8. The van der Waals surface area contributed by atoms with Gasteiger partial charge < -0.3 is 9.32 Å². The minimum atomic E-state index is -0.242. The summed E-state index contributed by atoms with van der Waals surface area (Å²) in [4.78, 5) is 38.6. The van der Waals surface area contributed by atoms with Gasteiger partial charge in [0.05, 0.1) is 23.3 Å². The van der Waals surface area contributed by atoms with Crippen molar-refractivity contribution in [3.8, 4) is 0 Å². The summed E-state index contributed by atoms with van der Waals surface area (Å²) < 4.78 is 7.40. The number of benzene rings is 1. The van der Waals surface area contributed by atoms with Gasteiger partial charge in [0, 0.05) is 38.9 Å². The summed E-state index contributed by atoms with van der Waals surface area (Å²) in [6, 6.07) is 17.8. The Bertz CT molecular complexity index is 1620. The first kappa shape index (κ1) is 25.5. The van der Waals surface area contributed by atoms with Crippen molar-refractivity contribution < 1.29 is 9.21 Å². The lowest BCUT2D eigenvalue weighted by atomic mass is 10.1. The van der Waals surface area contributed by atoms with Crippen LogP contribution in [0.25, 0.3) is 11.7 Å². The average molecular weight is 558 g/mol. The minimum Gasteiger partial charge on any atom is -0.467 e. The molecule has 6 rings (SSSR count). The molecule has 2 fully saturated rings. The fourth-order valence-electron chi connectivity index (χ4n) is 4.95. The van der Waals surface area contributed by atoms with Gasteiger partial charge in [-0.2, -0.15) is 0 Å². The number of anilines is 1. The second-order valence-corrected chi connectivity index (χ2v) is 11.3. The third-order valence-corrected chi connectivity index (χ3v) is 8.41. The van der Waals surface area contributed by atoms with Crippen LogP contribution in [-0.4, -0.2) is 55.6 Å². The van der Waals surface area contributed by atoms with Crippen molar-refractivity contribution in [2.24, 2.45) is 0 Å². The van der Waals surface area contributed by atoms with Gasteiger partial charge in [0.25, 0.3) is 11.5 Å². The van der Waals surface area contributed by atoms with Crippen LogP contribution >= 0.6 is 24.0 Å². The smallest absolute Gasteiger partial charge is 0.267 e. The summed E-state index contributed by atoms with van der Waals surface area (Å²) in [7, 11) is 0. The van der Waals surface area contributed by atoms with E-state index in [1.165, 1.54) is 22.2 Å². The van der Waals surface area contributed by atoms with Gasteiger partial charge in [-0.25, -0.2) is 4.98 Å². The molecule has 2 aliphatic heterocycles. The van der Waals surface area contributed by atoms with E-state index < -0.39 is 0 Å². The first-order chi connectivity index (χ1) is 19.0. The number of pyridine rings is 1. The maximum Gasteiger partial charge on any atom is 0.267 e. The van der Waals surface area contributed by atoms with E-state index in [1.807, 2.05) is 25.1 Å². The number of aryl methyl sites for hydroxylation is 1. The molecule has 0 aliphatic carbocycles. The van der Waals surface area contributed by atoms with Gasteiger partial charge in [-0.15, -0.1) is 0 Å². The quantitative estimate of drug-likeness (QED) is 0.256. The zero-order chi connectivity index (χ0) is 26.9. The number of thioether (sulfide) groups is 1. The molecule has 0 saturated carbocycles. The summed E-state index contributed by atoms with van der Waals surface area (Å²) in [5, 5.41) is 0. The van der Waals surface area contributed by atoms with Crippen LogP contribution in [0.15, 0.2) is 81.2 Å². The number of carbonyl (C=O) groups is 1. The zero-order valence-corrected chi connectivity index (χ0v) is 23.1. The van der Waals surface area contributed by atoms with Gasteiger partial charge in [-0.3, -0.25) is 23.8 Å². The van der Waals surface area contributed by atoms with Crippen molar-refractivity contribution in [2.75, 3.05) is 31.1 Å². The molecule has 0 unspecified atom stereocenters. The van der Waals surface area contributed by atoms with Crippen molar-refractivity contribution >= 4 is 51.7 Å². The highest BCUT2D eigenvalue weighted by atomic mass is 32.2. The van der Waals surface area contributed by atoms with Crippen LogP contribution in [-0.2, 0) is 17.9 Å². The first-order valence-electron chi connectivity index (χ1n) is 12.8. The number of fused-ring (bicyclic) bond motifs is 1. The molecule has 8 nitrogen and oxygen atoms in total. The lowest BCUT2D eigenvalue weighted by molar-refractivity contribution is -0.122. The second-order valence-electron chi connectivity index (χ2n) is 9.64. The van der Waals surface area contributed by atoms with Gasteiger partial charge in [0.2, 0.25) is 0 Å². The fourth-order valence-corrected chi connectivity index (χ4v) is 6.19. The molecule has 0 atom stereocenters. The Hall–Kier alpha value is -3.73. The van der Waals surface area contributed by atoms with E-state index >= 15 is 0 Å². The van der Waals surface area contributed by atoms with Crippen LogP contribution in [0, 0.1) is 6.92 Å². The van der Waals surface area contributed by atoms with Gasteiger partial charge in [0.1, 0.15) is 21.5 Å². The molecule has 3 aromatic heterocycles. The van der Waals surface area contributed by atoms with Gasteiger partial charge in [-0.05, 0) is 42.3 Å². The molecule has 0 radical (unpaired) electrons. The van der Waals surface area contributed by atoms with Crippen molar-refractivity contribution in [1.82, 2.24) is 19.2 Å². The van der Waals surface area contributed by atoms with E-state index in [2.05, 4.69) is 34.1 Å². The molecule has 5 heterocycles. The molecular weight excluding hydrogens is 530 g/mol. The maximum atomic E-state index is 13.8. The lowest BCUT2D eigenvalue weighted by Crippen LogP contribution is -2.47. The third kappa shape index (κ3) is 5.15. The SMILES string of the molecule is Cc1cccn2c(=O)c(/C=C3\SC(=S)N(Cc4ccco4)C3=O)c(N3CCN(Cc4ccccc4)CC3)nc12. The van der Waals surface area contributed by atoms with Crippen LogP contribution in [0.2, 0.25) is 0 Å². The minimum absolute atomic E-state index is 0.207. The maximum absolute atomic E-state index is 13.8. The Morgan fingerprint density at radius 2 is 1.79 bits per heavy atom. The van der Waals surface area contributed by atoms with Gasteiger partial charge >= 0.3 is 0 Å². The first-order valence-corrected chi connectivity index (χ1v) is 14.0. The zero-order valence-electron chi connectivity index (χ0n) is 21.4. The Kier molecular flexibility index (Phi) is 7.07. The van der Waals surface area contributed by atoms with Crippen molar-refractivity contribution in [3.63, 3.8) is 0 Å². The molecule has 10 heteroatoms. The highest BCUT2D eigenvalue weighted by Crippen LogP contribution is 2.34. The predicted molar refractivity (Wildman–Crippen MR) is 158 cm³/mol. The Morgan fingerprint density at radius 3 is 2.54 bits per heavy atom. The molecule has 0 N–H and O–H groups in total. The standard InChI is InChI=1S/C29H27N5O3S2/c1-20-7-5-11-33-25(20)30-26(32-14-12-31(13-15-32)18-21-8-3-2-4-9-21)23(27(33)35)17-24-28(36)34(29(38)39-24)19-22-10-6-16-37-22/h2-11,16-17H,12-15,18-19H2,1H3/b24-17-. The Morgan fingerprint density at radius 1 is 1.00 bits per heavy atom. The number of furan rings is 1. The number of aromatic nitrogens is 2. The van der Waals surface area contributed by atoms with Crippen LogP contribution < -0.4 is 10.5 Å². The highest BCUT2D eigenvalue weighted by Gasteiger charge is 2.34. The molecule has 198 valence electrons. The number of thiocarbonyl (C=S) groups is 1. The van der Waals surface area contributed by atoms with E-state index in [0.29, 0.717) is 32.0 Å². The normalized spacial score (nSPS) is 17.6. The van der Waals surface area contributed by atoms with E-state index in [-0.39, 0.29) is 18.0 Å². The van der Waals surface area contributed by atoms with Gasteiger partial charge in [0.15, 0.2) is 0 Å². The van der Waals surface area contributed by atoms with E-state index in [1.54, 1.807) is 35.1 Å². The molecule has 0 bridgehead atoms. The summed E-state index contributed by atoms with van der Waals surface area (Å²) in [6.07, 6.45) is 4.95. The van der Waals surface area contributed by atoms with Crippen LogP contribution in [0.5, 0.6) is 0 Å². The van der Waals surface area contributed by atoms with Crippen molar-refractivity contribution in [3.05, 3.63) is 105 Å². The molecule has 39 heavy (non-hydrogen) atoms. The second kappa shape index (κ2) is 10.8. The number of piperazine rings is 1. The molecule has 1 amide bonds. The van der Waals surface area contributed by atoms with Crippen LogP contribution in [0.3, 0.4) is 0 Å². The summed E-state index contributed by atoms with van der Waals surface area (Å²) in [5.41, 5.74) is 3.00. The molecule has 2 aliphatic rings. The summed E-state index contributed by atoms with van der Waals surface area (Å²) >= 11 is 6.70. The largest absolute Gasteiger partial charge is 0.467 e. The Balaban J connectivity index is 1.33. The summed E-state index contributed by atoms with van der Waals surface area (Å²) in [5.74, 6) is 1.00. The van der Waals surface area contributed by atoms with E-state index in [0.717, 1.165) is 38.3 Å². The number of rotatable bonds is 6. The summed E-state index contributed by atoms with van der Waals surface area (Å²) in [6.45, 7) is 6.21. The van der Waals surface area contributed by atoms with Crippen LogP contribution in [0.1, 0.15) is 22.5 Å². The molecule has 4 aromatic rings. The number of hydrogen-bond donors (Lipinski definition) is 0. The average Bonchev–Trinajstić information content (AvgIpc) is 3.56. The van der Waals surface area contributed by atoms with Gasteiger partial charge in [-0.1, -0.05) is 60.4 Å². The predicted octanol–water partition coefficient (Wildman–Crippen LogP) is 4.32.